The van der Waals surface area contributed by atoms with E-state index in [9.17, 15) is 8.42 Å². The number of hydroxylamine groups is 1. The van der Waals surface area contributed by atoms with Crippen LogP contribution in [0.3, 0.4) is 0 Å². The number of nitrogens with one attached hydrogen (secondary N) is 1. The quantitative estimate of drug-likeness (QED) is 0.699. The van der Waals surface area contributed by atoms with Gasteiger partial charge in [0.2, 0.25) is 0 Å². The van der Waals surface area contributed by atoms with Gasteiger partial charge in [-0.1, -0.05) is 4.47 Å². The number of imidazole rings is 1. The van der Waals surface area contributed by atoms with Crippen molar-refractivity contribution < 1.29 is 13.3 Å². The van der Waals surface area contributed by atoms with Gasteiger partial charge in [0, 0.05) is 7.05 Å². The lowest BCUT2D eigenvalue weighted by atomic mass is 10.8. The van der Waals surface area contributed by atoms with Crippen molar-refractivity contribution >= 4 is 10.0 Å². The predicted octanol–water partition coefficient (Wildman–Crippen LogP) is -0.1000. The highest BCUT2D eigenvalue weighted by molar-refractivity contribution is 7.88. The average Bonchev–Trinajstić information content (AvgIpc) is 2.50. The molecule has 0 bridgehead atoms. The summed E-state index contributed by atoms with van der Waals surface area (Å²) in [5.74, 6) is 0.545. The standard InChI is InChI=1S/C6H11N3O3S/c1-5-7-4-6(8-5)13(10,11)9(2)12-3/h4H,1-3H3,(H,7,8). The van der Waals surface area contributed by atoms with Crippen molar-refractivity contribution in [2.45, 2.75) is 11.9 Å². The van der Waals surface area contributed by atoms with Gasteiger partial charge in [-0.3, -0.25) is 4.84 Å². The third kappa shape index (κ3) is 1.87. The molecule has 0 amide bonds. The SMILES string of the molecule is CON(C)S(=O)(=O)c1cnc(C)[nH]1. The number of hydrogen-bond acceptors (Lipinski definition) is 4. The Kier molecular flexibility index (Phi) is 2.69. The van der Waals surface area contributed by atoms with Crippen LogP contribution < -0.4 is 0 Å². The molecule has 0 saturated heterocycles. The number of aromatic amines is 1. The van der Waals surface area contributed by atoms with E-state index in [2.05, 4.69) is 14.8 Å². The lowest BCUT2D eigenvalue weighted by molar-refractivity contribution is -0.0260. The van der Waals surface area contributed by atoms with Crippen molar-refractivity contribution in [3.8, 4) is 0 Å². The highest BCUT2D eigenvalue weighted by Gasteiger charge is 2.22. The molecule has 1 rings (SSSR count). The van der Waals surface area contributed by atoms with Crippen LogP contribution in [0.4, 0.5) is 0 Å². The number of sulfonamides is 1. The first-order valence-electron chi connectivity index (χ1n) is 3.53. The van der Waals surface area contributed by atoms with Crippen LogP contribution in [-0.2, 0) is 14.9 Å². The first-order chi connectivity index (χ1) is 5.98. The molecular weight excluding hydrogens is 194 g/mol. The summed E-state index contributed by atoms with van der Waals surface area (Å²) in [6.07, 6.45) is 1.25. The van der Waals surface area contributed by atoms with Gasteiger partial charge in [-0.15, -0.1) is 0 Å². The summed E-state index contributed by atoms with van der Waals surface area (Å²) >= 11 is 0. The Balaban J connectivity index is 3.08. The maximum Gasteiger partial charge on any atom is 0.281 e. The fraction of sp³-hybridized carbons (Fsp3) is 0.500. The van der Waals surface area contributed by atoms with E-state index >= 15 is 0 Å². The number of nitrogens with zero attached hydrogens (tertiary/aromatic N) is 2. The number of hydrogen-bond donors (Lipinski definition) is 1. The molecule has 1 N–H and O–H groups in total. The smallest absolute Gasteiger partial charge is 0.281 e. The molecular formula is C6H11N3O3S. The minimum absolute atomic E-state index is 0.0225. The highest BCUT2D eigenvalue weighted by atomic mass is 32.2. The normalized spacial score (nSPS) is 12.3. The van der Waals surface area contributed by atoms with Gasteiger partial charge >= 0.3 is 0 Å². The van der Waals surface area contributed by atoms with Gasteiger partial charge in [-0.25, -0.2) is 13.4 Å². The summed E-state index contributed by atoms with van der Waals surface area (Å²) in [7, 11) is -0.986. The van der Waals surface area contributed by atoms with Crippen molar-refractivity contribution in [3.63, 3.8) is 0 Å². The molecule has 0 spiro atoms. The second kappa shape index (κ2) is 3.44. The zero-order valence-electron chi connectivity index (χ0n) is 7.60. The van der Waals surface area contributed by atoms with Crippen molar-refractivity contribution in [3.05, 3.63) is 12.0 Å². The lowest BCUT2D eigenvalue weighted by Crippen LogP contribution is -2.25. The molecule has 1 heterocycles. The fourth-order valence-corrected chi connectivity index (χ4v) is 1.70. The molecule has 0 aliphatic rings. The zero-order chi connectivity index (χ0) is 10.1. The van der Waals surface area contributed by atoms with Gasteiger partial charge in [-0.05, 0) is 6.92 Å². The molecule has 13 heavy (non-hydrogen) atoms. The minimum Gasteiger partial charge on any atom is -0.332 e. The van der Waals surface area contributed by atoms with Gasteiger partial charge in [0.05, 0.1) is 13.3 Å². The van der Waals surface area contributed by atoms with Crippen LogP contribution in [0.5, 0.6) is 0 Å². The van der Waals surface area contributed by atoms with Crippen LogP contribution in [0.25, 0.3) is 0 Å². The van der Waals surface area contributed by atoms with Gasteiger partial charge in [-0.2, -0.15) is 0 Å². The third-order valence-electron chi connectivity index (χ3n) is 1.55. The van der Waals surface area contributed by atoms with Crippen molar-refractivity contribution in [2.24, 2.45) is 0 Å². The molecule has 0 radical (unpaired) electrons. The summed E-state index contributed by atoms with van der Waals surface area (Å²) in [6, 6.07) is 0. The predicted molar refractivity (Wildman–Crippen MR) is 45.3 cm³/mol. The molecule has 7 heteroatoms. The minimum atomic E-state index is -3.58. The Morgan fingerprint density at radius 2 is 2.23 bits per heavy atom. The van der Waals surface area contributed by atoms with E-state index in [1.807, 2.05) is 0 Å². The molecule has 0 atom stereocenters. The van der Waals surface area contributed by atoms with E-state index in [-0.39, 0.29) is 5.03 Å². The maximum atomic E-state index is 11.5. The van der Waals surface area contributed by atoms with Crippen molar-refractivity contribution in [1.82, 2.24) is 14.4 Å². The second-order valence-corrected chi connectivity index (χ2v) is 4.33. The number of H-pyrrole nitrogens is 1. The molecule has 0 fully saturated rings. The van der Waals surface area contributed by atoms with Crippen LogP contribution in [0.1, 0.15) is 5.82 Å². The van der Waals surface area contributed by atoms with Crippen LogP contribution in [0, 0.1) is 6.92 Å². The Bertz CT molecular complexity index is 384. The second-order valence-electron chi connectivity index (χ2n) is 2.43. The van der Waals surface area contributed by atoms with E-state index in [1.165, 1.54) is 20.4 Å². The topological polar surface area (TPSA) is 75.3 Å². The first kappa shape index (κ1) is 10.2. The monoisotopic (exact) mass is 205 g/mol. The zero-order valence-corrected chi connectivity index (χ0v) is 8.42. The summed E-state index contributed by atoms with van der Waals surface area (Å²) < 4.78 is 23.8. The molecule has 0 aliphatic heterocycles. The molecule has 1 aromatic rings. The molecule has 0 aromatic carbocycles. The summed E-state index contributed by atoms with van der Waals surface area (Å²) in [6.45, 7) is 1.67. The molecule has 0 aliphatic carbocycles. The van der Waals surface area contributed by atoms with Gasteiger partial charge in [0.1, 0.15) is 5.82 Å². The highest BCUT2D eigenvalue weighted by Crippen LogP contribution is 2.10. The summed E-state index contributed by atoms with van der Waals surface area (Å²) in [4.78, 5) is 11.0. The molecule has 0 saturated carbocycles. The molecule has 0 unspecified atom stereocenters. The Morgan fingerprint density at radius 3 is 2.62 bits per heavy atom. The van der Waals surface area contributed by atoms with Crippen LogP contribution in [0.15, 0.2) is 11.2 Å². The van der Waals surface area contributed by atoms with Gasteiger partial charge < -0.3 is 4.98 Å². The van der Waals surface area contributed by atoms with Crippen molar-refractivity contribution in [1.29, 1.82) is 0 Å². The summed E-state index contributed by atoms with van der Waals surface area (Å²) in [5.41, 5.74) is 0. The maximum absolute atomic E-state index is 11.5. The van der Waals surface area contributed by atoms with E-state index < -0.39 is 10.0 Å². The summed E-state index contributed by atoms with van der Waals surface area (Å²) in [5, 5.41) is 0.0225. The van der Waals surface area contributed by atoms with E-state index in [4.69, 9.17) is 0 Å². The van der Waals surface area contributed by atoms with Gasteiger partial charge in [0.25, 0.3) is 10.0 Å². The number of rotatable bonds is 3. The molecule has 1 aromatic heterocycles. The first-order valence-corrected chi connectivity index (χ1v) is 4.97. The third-order valence-corrected chi connectivity index (χ3v) is 3.14. The largest absolute Gasteiger partial charge is 0.332 e. The Morgan fingerprint density at radius 1 is 1.62 bits per heavy atom. The van der Waals surface area contributed by atoms with Crippen molar-refractivity contribution in [2.75, 3.05) is 14.2 Å². The lowest BCUT2D eigenvalue weighted by Gasteiger charge is -2.11. The molecule has 6 nitrogen and oxygen atoms in total. The molecule has 74 valence electrons. The van der Waals surface area contributed by atoms with E-state index in [1.54, 1.807) is 6.92 Å². The van der Waals surface area contributed by atoms with Gasteiger partial charge in [0.15, 0.2) is 5.03 Å². The fourth-order valence-electron chi connectivity index (χ4n) is 0.766. The van der Waals surface area contributed by atoms with E-state index in [0.29, 0.717) is 5.82 Å². The van der Waals surface area contributed by atoms with Crippen LogP contribution in [-0.4, -0.2) is 37.0 Å². The Hall–Kier alpha value is -0.920. The van der Waals surface area contributed by atoms with E-state index in [0.717, 1.165) is 4.47 Å². The van der Waals surface area contributed by atoms with Crippen LogP contribution in [0.2, 0.25) is 0 Å². The number of aromatic nitrogens is 2. The Labute approximate surface area is 76.5 Å². The average molecular weight is 205 g/mol. The van der Waals surface area contributed by atoms with Crippen LogP contribution >= 0.6 is 0 Å². The number of aryl methyl sites for hydroxylation is 1.